The Bertz CT molecular complexity index is 1030. The monoisotopic (exact) mass is 433 g/mol. The van der Waals surface area contributed by atoms with Gasteiger partial charge >= 0.3 is 5.97 Å². The van der Waals surface area contributed by atoms with Crippen molar-refractivity contribution in [3.63, 3.8) is 0 Å². The predicted octanol–water partition coefficient (Wildman–Crippen LogP) is 6.22. The van der Waals surface area contributed by atoms with Crippen LogP contribution in [0, 0.1) is 5.41 Å². The third-order valence-corrected chi connectivity index (χ3v) is 5.06. The van der Waals surface area contributed by atoms with Crippen molar-refractivity contribution < 1.29 is 14.3 Å². The number of ether oxygens (including phenoxy) is 2. The molecular weight excluding hydrogens is 402 g/mol. The van der Waals surface area contributed by atoms with E-state index in [1.54, 1.807) is 18.5 Å². The van der Waals surface area contributed by atoms with Crippen molar-refractivity contribution in [1.29, 1.82) is 0 Å². The number of hydrogen-bond donors (Lipinski definition) is 0. The van der Waals surface area contributed by atoms with Crippen LogP contribution in [0.3, 0.4) is 0 Å². The standard InChI is InChI=1S/C26H31N3O3/c1-17(2)24-27-15-19(16-28-24)23(26(4,5)6)25(30)31-18(3)21-13-10-14-22(29-21)32-20-11-8-7-9-12-20/h7-18,23H,1-6H3. The van der Waals surface area contributed by atoms with E-state index in [2.05, 4.69) is 15.0 Å². The summed E-state index contributed by atoms with van der Waals surface area (Å²) in [4.78, 5) is 26.6. The lowest BCUT2D eigenvalue weighted by Crippen LogP contribution is -2.29. The first-order valence-electron chi connectivity index (χ1n) is 10.9. The van der Waals surface area contributed by atoms with Crippen molar-refractivity contribution in [2.45, 2.75) is 59.5 Å². The lowest BCUT2D eigenvalue weighted by atomic mass is 9.77. The van der Waals surface area contributed by atoms with Crippen LogP contribution in [0.25, 0.3) is 0 Å². The molecule has 2 atom stereocenters. The molecule has 0 N–H and O–H groups in total. The number of pyridine rings is 1. The van der Waals surface area contributed by atoms with Crippen molar-refractivity contribution in [2.75, 3.05) is 0 Å². The number of rotatable bonds is 7. The highest BCUT2D eigenvalue weighted by atomic mass is 16.5. The van der Waals surface area contributed by atoms with Gasteiger partial charge in [-0.1, -0.05) is 58.9 Å². The van der Waals surface area contributed by atoms with Crippen LogP contribution in [0.2, 0.25) is 0 Å². The molecule has 2 aromatic heterocycles. The van der Waals surface area contributed by atoms with Crippen molar-refractivity contribution in [3.8, 4) is 11.6 Å². The summed E-state index contributed by atoms with van der Waals surface area (Å²) in [6.07, 6.45) is 2.93. The third kappa shape index (κ3) is 5.90. The number of esters is 1. The largest absolute Gasteiger partial charge is 0.456 e. The molecule has 3 rings (SSSR count). The maximum Gasteiger partial charge on any atom is 0.314 e. The minimum Gasteiger partial charge on any atom is -0.456 e. The van der Waals surface area contributed by atoms with Crippen LogP contribution in [0.4, 0.5) is 0 Å². The Labute approximate surface area is 190 Å². The highest BCUT2D eigenvalue weighted by Gasteiger charge is 2.36. The zero-order chi connectivity index (χ0) is 23.3. The van der Waals surface area contributed by atoms with Crippen LogP contribution in [0.1, 0.15) is 76.6 Å². The summed E-state index contributed by atoms with van der Waals surface area (Å²) >= 11 is 0. The van der Waals surface area contributed by atoms with Gasteiger partial charge in [-0.15, -0.1) is 0 Å². The Morgan fingerprint density at radius 2 is 1.56 bits per heavy atom. The van der Waals surface area contributed by atoms with Gasteiger partial charge in [-0.25, -0.2) is 15.0 Å². The molecule has 168 valence electrons. The molecule has 3 aromatic rings. The van der Waals surface area contributed by atoms with Crippen LogP contribution in [-0.2, 0) is 9.53 Å². The maximum atomic E-state index is 13.2. The van der Waals surface area contributed by atoms with Gasteiger partial charge in [0.2, 0.25) is 5.88 Å². The molecule has 2 heterocycles. The Balaban J connectivity index is 1.77. The molecule has 0 saturated carbocycles. The van der Waals surface area contributed by atoms with Gasteiger partial charge in [0.25, 0.3) is 0 Å². The predicted molar refractivity (Wildman–Crippen MR) is 124 cm³/mol. The van der Waals surface area contributed by atoms with Gasteiger partial charge in [-0.3, -0.25) is 4.79 Å². The average molecular weight is 434 g/mol. The second kappa shape index (κ2) is 9.90. The first-order chi connectivity index (χ1) is 15.1. The second-order valence-electron chi connectivity index (χ2n) is 9.22. The maximum absolute atomic E-state index is 13.2. The fourth-order valence-corrected chi connectivity index (χ4v) is 3.41. The van der Waals surface area contributed by atoms with Crippen molar-refractivity contribution >= 4 is 5.97 Å². The highest BCUT2D eigenvalue weighted by Crippen LogP contribution is 2.37. The number of carbonyl (C=O) groups excluding carboxylic acids is 1. The lowest BCUT2D eigenvalue weighted by Gasteiger charge is -2.30. The molecule has 6 heteroatoms. The van der Waals surface area contributed by atoms with Gasteiger partial charge in [0.1, 0.15) is 17.7 Å². The van der Waals surface area contributed by atoms with E-state index in [9.17, 15) is 4.79 Å². The molecule has 0 bridgehead atoms. The topological polar surface area (TPSA) is 74.2 Å². The summed E-state index contributed by atoms with van der Waals surface area (Å²) in [5.41, 5.74) is 0.990. The first kappa shape index (κ1) is 23.4. The van der Waals surface area contributed by atoms with Crippen molar-refractivity contribution in [3.05, 3.63) is 78.0 Å². The van der Waals surface area contributed by atoms with Crippen molar-refractivity contribution in [1.82, 2.24) is 15.0 Å². The van der Waals surface area contributed by atoms with Gasteiger partial charge < -0.3 is 9.47 Å². The summed E-state index contributed by atoms with van der Waals surface area (Å²) in [7, 11) is 0. The molecule has 0 aliphatic carbocycles. The third-order valence-electron chi connectivity index (χ3n) is 5.06. The number of hydrogen-bond acceptors (Lipinski definition) is 6. The van der Waals surface area contributed by atoms with Gasteiger partial charge in [0.15, 0.2) is 0 Å². The zero-order valence-corrected chi connectivity index (χ0v) is 19.6. The molecular formula is C26H31N3O3. The van der Waals surface area contributed by atoms with E-state index in [0.717, 1.165) is 11.4 Å². The summed E-state index contributed by atoms with van der Waals surface area (Å²) in [5.74, 6) is 1.28. The molecule has 0 radical (unpaired) electrons. The van der Waals surface area contributed by atoms with Gasteiger partial charge in [-0.05, 0) is 30.5 Å². The van der Waals surface area contributed by atoms with E-state index in [-0.39, 0.29) is 17.3 Å². The smallest absolute Gasteiger partial charge is 0.314 e. The number of carbonyl (C=O) groups is 1. The molecule has 0 aliphatic rings. The van der Waals surface area contributed by atoms with Crippen molar-refractivity contribution in [2.24, 2.45) is 5.41 Å². The quantitative estimate of drug-likeness (QED) is 0.412. The molecule has 0 amide bonds. The molecule has 0 fully saturated rings. The Hall–Kier alpha value is -3.28. The fraction of sp³-hybridized carbons (Fsp3) is 0.385. The average Bonchev–Trinajstić information content (AvgIpc) is 2.74. The molecule has 6 nitrogen and oxygen atoms in total. The second-order valence-corrected chi connectivity index (χ2v) is 9.22. The molecule has 0 saturated heterocycles. The first-order valence-corrected chi connectivity index (χ1v) is 10.9. The van der Waals surface area contributed by atoms with Crippen LogP contribution in [0.15, 0.2) is 60.9 Å². The summed E-state index contributed by atoms with van der Waals surface area (Å²) in [6.45, 7) is 11.9. The summed E-state index contributed by atoms with van der Waals surface area (Å²) in [6, 6.07) is 14.9. The van der Waals surface area contributed by atoms with Gasteiger partial charge in [0, 0.05) is 29.9 Å². The molecule has 1 aromatic carbocycles. The minimum atomic E-state index is -0.539. The van der Waals surface area contributed by atoms with E-state index in [0.29, 0.717) is 17.3 Å². The SMILES string of the molecule is CC(C)c1ncc(C(C(=O)OC(C)c2cccc(Oc3ccccc3)n2)C(C)(C)C)cn1. The van der Waals surface area contributed by atoms with Crippen LogP contribution < -0.4 is 4.74 Å². The number of para-hydroxylation sites is 1. The number of benzene rings is 1. The number of nitrogens with zero attached hydrogens (tertiary/aromatic N) is 3. The Kier molecular flexibility index (Phi) is 7.23. The number of aromatic nitrogens is 3. The molecule has 32 heavy (non-hydrogen) atoms. The molecule has 2 unspecified atom stereocenters. The summed E-state index contributed by atoms with van der Waals surface area (Å²) < 4.78 is 11.7. The van der Waals surface area contributed by atoms with E-state index < -0.39 is 12.0 Å². The Morgan fingerprint density at radius 1 is 0.906 bits per heavy atom. The highest BCUT2D eigenvalue weighted by molar-refractivity contribution is 5.79. The summed E-state index contributed by atoms with van der Waals surface area (Å²) in [5, 5.41) is 0. The molecule has 0 aliphatic heterocycles. The fourth-order valence-electron chi connectivity index (χ4n) is 3.41. The normalized spacial score (nSPS) is 13.5. The minimum absolute atomic E-state index is 0.223. The van der Waals surface area contributed by atoms with E-state index in [1.807, 2.05) is 84.0 Å². The van der Waals surface area contributed by atoms with Crippen LogP contribution in [0.5, 0.6) is 11.6 Å². The van der Waals surface area contributed by atoms with E-state index in [4.69, 9.17) is 9.47 Å². The lowest BCUT2D eigenvalue weighted by molar-refractivity contribution is -0.153. The zero-order valence-electron chi connectivity index (χ0n) is 19.6. The Morgan fingerprint density at radius 3 is 2.16 bits per heavy atom. The van der Waals surface area contributed by atoms with Crippen LogP contribution >= 0.6 is 0 Å². The van der Waals surface area contributed by atoms with Crippen LogP contribution in [-0.4, -0.2) is 20.9 Å². The van der Waals surface area contributed by atoms with E-state index >= 15 is 0 Å². The van der Waals surface area contributed by atoms with E-state index in [1.165, 1.54) is 0 Å². The molecule has 0 spiro atoms. The van der Waals surface area contributed by atoms with Gasteiger partial charge in [-0.2, -0.15) is 0 Å². The van der Waals surface area contributed by atoms with Gasteiger partial charge in [0.05, 0.1) is 11.6 Å².